The summed E-state index contributed by atoms with van der Waals surface area (Å²) in [4.78, 5) is 43.5. The van der Waals surface area contributed by atoms with Crippen molar-refractivity contribution in [2.75, 3.05) is 37.6 Å². The zero-order chi connectivity index (χ0) is 23.8. The van der Waals surface area contributed by atoms with Gasteiger partial charge in [0.2, 0.25) is 6.41 Å². The van der Waals surface area contributed by atoms with Gasteiger partial charge in [0, 0.05) is 49.5 Å². The van der Waals surface area contributed by atoms with Crippen molar-refractivity contribution in [1.82, 2.24) is 24.8 Å². The minimum absolute atomic E-state index is 0.0167. The van der Waals surface area contributed by atoms with Crippen molar-refractivity contribution in [3.05, 3.63) is 78.1 Å². The van der Waals surface area contributed by atoms with Crippen molar-refractivity contribution < 1.29 is 9.59 Å². The molecular weight excluding hydrogens is 440 g/mol. The first kappa shape index (κ1) is 21.2. The first-order valence-electron chi connectivity index (χ1n) is 11.8. The molecule has 0 spiro atoms. The highest BCUT2D eigenvalue weighted by Gasteiger charge is 2.24. The molecule has 0 unspecified atom stereocenters. The number of anilines is 2. The summed E-state index contributed by atoms with van der Waals surface area (Å²) in [7, 11) is 0. The number of piperazine rings is 1. The number of carbonyl (C=O) groups excluding carboxylic acids is 2. The van der Waals surface area contributed by atoms with Crippen molar-refractivity contribution in [2.45, 2.75) is 6.42 Å². The number of fused-ring (bicyclic) bond motifs is 2. The van der Waals surface area contributed by atoms with E-state index in [4.69, 9.17) is 4.98 Å². The Balaban J connectivity index is 1.29. The molecule has 0 radical (unpaired) electrons. The summed E-state index contributed by atoms with van der Waals surface area (Å²) in [6.45, 7) is 3.09. The number of nitrogens with zero attached hydrogens (tertiary/aromatic N) is 6. The van der Waals surface area contributed by atoms with Crippen LogP contribution in [0.3, 0.4) is 0 Å². The van der Waals surface area contributed by atoms with Crippen molar-refractivity contribution in [3.63, 3.8) is 0 Å². The maximum atomic E-state index is 12.9. The van der Waals surface area contributed by atoms with Crippen LogP contribution in [0.4, 0.5) is 11.5 Å². The predicted molar refractivity (Wildman–Crippen MR) is 133 cm³/mol. The van der Waals surface area contributed by atoms with Gasteiger partial charge in [0.25, 0.3) is 5.91 Å². The third-order valence-electron chi connectivity index (χ3n) is 6.78. The summed E-state index contributed by atoms with van der Waals surface area (Å²) in [5, 5.41) is 0. The molecule has 6 rings (SSSR count). The van der Waals surface area contributed by atoms with E-state index in [1.165, 1.54) is 5.56 Å². The topological polar surface area (TPSA) is 82.5 Å². The molecule has 0 aliphatic carbocycles. The van der Waals surface area contributed by atoms with Crippen molar-refractivity contribution in [1.29, 1.82) is 0 Å². The highest BCUT2D eigenvalue weighted by atomic mass is 16.2. The van der Waals surface area contributed by atoms with Gasteiger partial charge < -0.3 is 14.7 Å². The van der Waals surface area contributed by atoms with Gasteiger partial charge in [-0.1, -0.05) is 30.3 Å². The molecule has 4 heterocycles. The van der Waals surface area contributed by atoms with Crippen LogP contribution in [0, 0.1) is 0 Å². The van der Waals surface area contributed by atoms with Gasteiger partial charge in [-0.25, -0.2) is 15.0 Å². The van der Waals surface area contributed by atoms with E-state index in [0.29, 0.717) is 31.7 Å². The van der Waals surface area contributed by atoms with E-state index in [9.17, 15) is 9.59 Å². The molecule has 8 nitrogen and oxygen atoms in total. The smallest absolute Gasteiger partial charge is 0.253 e. The van der Waals surface area contributed by atoms with Gasteiger partial charge in [0.15, 0.2) is 5.82 Å². The molecule has 0 bridgehead atoms. The van der Waals surface area contributed by atoms with E-state index in [1.807, 2.05) is 42.5 Å². The number of amides is 2. The molecule has 0 atom stereocenters. The Morgan fingerprint density at radius 1 is 0.857 bits per heavy atom. The zero-order valence-corrected chi connectivity index (χ0v) is 19.2. The largest absolute Gasteiger partial charge is 0.342 e. The van der Waals surface area contributed by atoms with Gasteiger partial charge in [-0.15, -0.1) is 0 Å². The molecule has 4 aromatic rings. The maximum absolute atomic E-state index is 12.9. The molecule has 8 heteroatoms. The quantitative estimate of drug-likeness (QED) is 0.431. The van der Waals surface area contributed by atoms with Crippen LogP contribution in [0.5, 0.6) is 0 Å². The van der Waals surface area contributed by atoms with E-state index >= 15 is 0 Å². The highest BCUT2D eigenvalue weighted by Crippen LogP contribution is 2.36. The number of rotatable bonds is 4. The Bertz CT molecular complexity index is 1410. The fourth-order valence-corrected chi connectivity index (χ4v) is 4.84. The average Bonchev–Trinajstić information content (AvgIpc) is 3.36. The molecule has 2 aliphatic heterocycles. The number of aromatic nitrogens is 3. The number of hydrogen-bond donors (Lipinski definition) is 0. The van der Waals surface area contributed by atoms with Gasteiger partial charge >= 0.3 is 0 Å². The lowest BCUT2D eigenvalue weighted by atomic mass is 10.1. The molecule has 2 aromatic heterocycles. The SMILES string of the molecule is O=CN1CCN(C(=O)c2ccc(-c3ccc4ncnc(N5CCc6ccccc65)c4n3)cc2)CC1. The molecule has 174 valence electrons. The number of para-hydroxylation sites is 1. The average molecular weight is 465 g/mol. The van der Waals surface area contributed by atoms with E-state index in [-0.39, 0.29) is 5.91 Å². The molecule has 2 amide bonds. The molecular formula is C27H24N6O2. The van der Waals surface area contributed by atoms with E-state index in [2.05, 4.69) is 33.1 Å². The minimum Gasteiger partial charge on any atom is -0.342 e. The second-order valence-corrected chi connectivity index (χ2v) is 8.80. The molecule has 2 aromatic carbocycles. The summed E-state index contributed by atoms with van der Waals surface area (Å²) >= 11 is 0. The summed E-state index contributed by atoms with van der Waals surface area (Å²) in [5.41, 5.74) is 6.39. The predicted octanol–water partition coefficient (Wildman–Crippen LogP) is 3.30. The summed E-state index contributed by atoms with van der Waals surface area (Å²) in [5.74, 6) is 0.792. The van der Waals surface area contributed by atoms with Gasteiger partial charge in [-0.2, -0.15) is 0 Å². The van der Waals surface area contributed by atoms with Gasteiger partial charge in [0.1, 0.15) is 11.8 Å². The highest BCUT2D eigenvalue weighted by molar-refractivity contribution is 5.95. The first-order valence-corrected chi connectivity index (χ1v) is 11.8. The number of benzene rings is 2. The molecule has 2 aliphatic rings. The van der Waals surface area contributed by atoms with Crippen LogP contribution in [0.2, 0.25) is 0 Å². The summed E-state index contributed by atoms with van der Waals surface area (Å²) in [6, 6.07) is 19.8. The van der Waals surface area contributed by atoms with Crippen LogP contribution < -0.4 is 4.90 Å². The zero-order valence-electron chi connectivity index (χ0n) is 19.2. The third kappa shape index (κ3) is 3.86. The van der Waals surface area contributed by atoms with Gasteiger partial charge in [-0.3, -0.25) is 9.59 Å². The lowest BCUT2D eigenvalue weighted by Gasteiger charge is -2.32. The lowest BCUT2D eigenvalue weighted by molar-refractivity contribution is -0.119. The van der Waals surface area contributed by atoms with Crippen LogP contribution >= 0.6 is 0 Å². The second kappa shape index (κ2) is 8.79. The Morgan fingerprint density at radius 3 is 2.46 bits per heavy atom. The Hall–Kier alpha value is -4.33. The van der Waals surface area contributed by atoms with Crippen molar-refractivity contribution >= 4 is 34.9 Å². The van der Waals surface area contributed by atoms with Crippen LogP contribution in [-0.2, 0) is 11.2 Å². The number of carbonyl (C=O) groups is 2. The number of hydrogen-bond acceptors (Lipinski definition) is 6. The Labute approximate surface area is 202 Å². The third-order valence-corrected chi connectivity index (χ3v) is 6.78. The fourth-order valence-electron chi connectivity index (χ4n) is 4.84. The lowest BCUT2D eigenvalue weighted by Crippen LogP contribution is -2.48. The standard InChI is InChI=1S/C27H24N6O2/c34-18-31-13-15-32(16-14-31)27(35)21-7-5-19(6-8-21)22-9-10-23-25(30-22)26(29-17-28-23)33-12-11-20-3-1-2-4-24(20)33/h1-10,17-18H,11-16H2. The van der Waals surface area contributed by atoms with E-state index < -0.39 is 0 Å². The Kier molecular flexibility index (Phi) is 5.33. The molecule has 1 fully saturated rings. The van der Waals surface area contributed by atoms with Crippen LogP contribution in [-0.4, -0.2) is 69.8 Å². The second-order valence-electron chi connectivity index (χ2n) is 8.80. The van der Waals surface area contributed by atoms with E-state index in [1.54, 1.807) is 16.1 Å². The normalized spacial score (nSPS) is 15.4. The first-order chi connectivity index (χ1) is 17.2. The molecule has 0 saturated carbocycles. The number of pyridine rings is 1. The van der Waals surface area contributed by atoms with Crippen LogP contribution in [0.25, 0.3) is 22.3 Å². The van der Waals surface area contributed by atoms with Crippen molar-refractivity contribution in [2.24, 2.45) is 0 Å². The maximum Gasteiger partial charge on any atom is 0.253 e. The fraction of sp³-hybridized carbons (Fsp3) is 0.222. The minimum atomic E-state index is -0.0167. The van der Waals surface area contributed by atoms with Crippen LogP contribution in [0.15, 0.2) is 67.0 Å². The van der Waals surface area contributed by atoms with Gasteiger partial charge in [-0.05, 0) is 42.3 Å². The summed E-state index contributed by atoms with van der Waals surface area (Å²) in [6.07, 6.45) is 3.41. The molecule has 35 heavy (non-hydrogen) atoms. The Morgan fingerprint density at radius 2 is 1.66 bits per heavy atom. The molecule has 1 saturated heterocycles. The summed E-state index contributed by atoms with van der Waals surface area (Å²) < 4.78 is 0. The van der Waals surface area contributed by atoms with Crippen LogP contribution in [0.1, 0.15) is 15.9 Å². The van der Waals surface area contributed by atoms with Crippen molar-refractivity contribution in [3.8, 4) is 11.3 Å². The van der Waals surface area contributed by atoms with Gasteiger partial charge in [0.05, 0.1) is 11.2 Å². The molecule has 0 N–H and O–H groups in total. The van der Waals surface area contributed by atoms with E-state index in [0.717, 1.165) is 53.2 Å². The monoisotopic (exact) mass is 464 g/mol.